The first-order chi connectivity index (χ1) is 8.49. The molecule has 0 fully saturated rings. The summed E-state index contributed by atoms with van der Waals surface area (Å²) in [4.78, 5) is 11.1. The molecule has 2 aromatic carbocycles. The number of benzene rings is 2. The molecule has 2 aromatic rings. The molecular formula is C14H10ClFO2. The van der Waals surface area contributed by atoms with Gasteiger partial charge in [-0.1, -0.05) is 29.8 Å². The van der Waals surface area contributed by atoms with Gasteiger partial charge in [-0.05, 0) is 41.8 Å². The maximum atomic E-state index is 13.1. The SMILES string of the molecule is Cc1ccc(-c2ccc(F)cc2C(=O)O)cc1Cl. The second-order valence-corrected chi connectivity index (χ2v) is 4.37. The molecule has 0 amide bonds. The van der Waals surface area contributed by atoms with E-state index in [1.807, 2.05) is 6.92 Å². The minimum atomic E-state index is -1.17. The van der Waals surface area contributed by atoms with E-state index in [-0.39, 0.29) is 5.56 Å². The molecule has 0 aromatic heterocycles. The fourth-order valence-electron chi connectivity index (χ4n) is 1.71. The summed E-state index contributed by atoms with van der Waals surface area (Å²) in [6.45, 7) is 1.86. The first kappa shape index (κ1) is 12.6. The van der Waals surface area contributed by atoms with E-state index in [0.717, 1.165) is 11.6 Å². The highest BCUT2D eigenvalue weighted by atomic mass is 35.5. The Balaban J connectivity index is 2.63. The van der Waals surface area contributed by atoms with Crippen molar-refractivity contribution in [2.45, 2.75) is 6.92 Å². The van der Waals surface area contributed by atoms with Crippen LogP contribution < -0.4 is 0 Å². The number of aromatic carboxylic acids is 1. The summed E-state index contributed by atoms with van der Waals surface area (Å²) in [6.07, 6.45) is 0. The largest absolute Gasteiger partial charge is 0.478 e. The second kappa shape index (κ2) is 4.78. The molecule has 92 valence electrons. The van der Waals surface area contributed by atoms with E-state index in [2.05, 4.69) is 0 Å². The van der Waals surface area contributed by atoms with Crippen molar-refractivity contribution in [3.63, 3.8) is 0 Å². The van der Waals surface area contributed by atoms with Gasteiger partial charge in [-0.2, -0.15) is 0 Å². The topological polar surface area (TPSA) is 37.3 Å². The Bertz CT molecular complexity index is 623. The first-order valence-corrected chi connectivity index (χ1v) is 5.66. The van der Waals surface area contributed by atoms with Crippen LogP contribution in [0.5, 0.6) is 0 Å². The van der Waals surface area contributed by atoms with Crippen molar-refractivity contribution in [3.8, 4) is 11.1 Å². The molecule has 2 rings (SSSR count). The van der Waals surface area contributed by atoms with Crippen molar-refractivity contribution in [2.75, 3.05) is 0 Å². The molecule has 18 heavy (non-hydrogen) atoms. The molecule has 0 aliphatic carbocycles. The van der Waals surface area contributed by atoms with Crippen LogP contribution in [-0.2, 0) is 0 Å². The van der Waals surface area contributed by atoms with Gasteiger partial charge < -0.3 is 5.11 Å². The van der Waals surface area contributed by atoms with Crippen LogP contribution in [0.15, 0.2) is 36.4 Å². The van der Waals surface area contributed by atoms with Crippen molar-refractivity contribution in [1.29, 1.82) is 0 Å². The maximum Gasteiger partial charge on any atom is 0.336 e. The maximum absolute atomic E-state index is 13.1. The number of aryl methyl sites for hydroxylation is 1. The summed E-state index contributed by atoms with van der Waals surface area (Å²) in [7, 11) is 0. The number of rotatable bonds is 2. The summed E-state index contributed by atoms with van der Waals surface area (Å²) in [5.41, 5.74) is 1.93. The Kier molecular flexibility index (Phi) is 3.34. The average Bonchev–Trinajstić information content (AvgIpc) is 2.32. The van der Waals surface area contributed by atoms with E-state index in [4.69, 9.17) is 16.7 Å². The van der Waals surface area contributed by atoms with Gasteiger partial charge in [0.05, 0.1) is 5.56 Å². The van der Waals surface area contributed by atoms with E-state index in [1.54, 1.807) is 18.2 Å². The zero-order valence-electron chi connectivity index (χ0n) is 9.58. The van der Waals surface area contributed by atoms with E-state index >= 15 is 0 Å². The van der Waals surface area contributed by atoms with Crippen molar-refractivity contribution < 1.29 is 14.3 Å². The van der Waals surface area contributed by atoms with Gasteiger partial charge in [0.1, 0.15) is 5.82 Å². The van der Waals surface area contributed by atoms with Crippen LogP contribution >= 0.6 is 11.6 Å². The number of carbonyl (C=O) groups is 1. The zero-order chi connectivity index (χ0) is 13.3. The van der Waals surface area contributed by atoms with E-state index in [0.29, 0.717) is 16.1 Å². The van der Waals surface area contributed by atoms with Crippen LogP contribution in [-0.4, -0.2) is 11.1 Å². The second-order valence-electron chi connectivity index (χ2n) is 3.96. The van der Waals surface area contributed by atoms with Gasteiger partial charge in [0.2, 0.25) is 0 Å². The van der Waals surface area contributed by atoms with E-state index < -0.39 is 11.8 Å². The smallest absolute Gasteiger partial charge is 0.336 e. The third kappa shape index (κ3) is 2.36. The predicted octanol–water partition coefficient (Wildman–Crippen LogP) is 4.15. The van der Waals surface area contributed by atoms with Gasteiger partial charge in [-0.3, -0.25) is 0 Å². The fourth-order valence-corrected chi connectivity index (χ4v) is 1.89. The van der Waals surface area contributed by atoms with Crippen LogP contribution in [0.1, 0.15) is 15.9 Å². The van der Waals surface area contributed by atoms with Crippen LogP contribution in [0.3, 0.4) is 0 Å². The van der Waals surface area contributed by atoms with Gasteiger partial charge in [-0.15, -0.1) is 0 Å². The number of hydrogen-bond acceptors (Lipinski definition) is 1. The van der Waals surface area contributed by atoms with Gasteiger partial charge in [0.25, 0.3) is 0 Å². The summed E-state index contributed by atoms with van der Waals surface area (Å²) in [5.74, 6) is -1.74. The quantitative estimate of drug-likeness (QED) is 0.885. The average molecular weight is 265 g/mol. The molecule has 0 saturated heterocycles. The summed E-state index contributed by atoms with van der Waals surface area (Å²) in [6, 6.07) is 8.92. The number of carboxylic acids is 1. The lowest BCUT2D eigenvalue weighted by molar-refractivity contribution is 0.0697. The van der Waals surface area contributed by atoms with Crippen LogP contribution in [0, 0.1) is 12.7 Å². The summed E-state index contributed by atoms with van der Waals surface area (Å²) < 4.78 is 13.1. The summed E-state index contributed by atoms with van der Waals surface area (Å²) >= 11 is 6.01. The van der Waals surface area contributed by atoms with Gasteiger partial charge >= 0.3 is 5.97 Å². The Labute approximate surface area is 109 Å². The Morgan fingerprint density at radius 3 is 2.56 bits per heavy atom. The standard InChI is InChI=1S/C14H10ClFO2/c1-8-2-3-9(6-13(8)15)11-5-4-10(16)7-12(11)14(17)18/h2-7H,1H3,(H,17,18). The molecule has 4 heteroatoms. The molecule has 0 saturated carbocycles. The highest BCUT2D eigenvalue weighted by molar-refractivity contribution is 6.31. The van der Waals surface area contributed by atoms with Gasteiger partial charge in [-0.25, -0.2) is 9.18 Å². The number of carboxylic acid groups (broad SMARTS) is 1. The lowest BCUT2D eigenvalue weighted by atomic mass is 9.98. The minimum Gasteiger partial charge on any atom is -0.478 e. The van der Waals surface area contributed by atoms with Crippen molar-refractivity contribution in [2.24, 2.45) is 0 Å². The van der Waals surface area contributed by atoms with Crippen molar-refractivity contribution >= 4 is 17.6 Å². The normalized spacial score (nSPS) is 10.4. The van der Waals surface area contributed by atoms with Gasteiger partial charge in [0, 0.05) is 5.02 Å². The lowest BCUT2D eigenvalue weighted by Crippen LogP contribution is -2.00. The van der Waals surface area contributed by atoms with Crippen molar-refractivity contribution in [1.82, 2.24) is 0 Å². The molecule has 0 atom stereocenters. The van der Waals surface area contributed by atoms with Crippen LogP contribution in [0.25, 0.3) is 11.1 Å². The monoisotopic (exact) mass is 264 g/mol. The molecular weight excluding hydrogens is 255 g/mol. The fraction of sp³-hybridized carbons (Fsp3) is 0.0714. The third-order valence-corrected chi connectivity index (χ3v) is 3.10. The summed E-state index contributed by atoms with van der Waals surface area (Å²) in [5, 5.41) is 9.62. The molecule has 0 heterocycles. The third-order valence-electron chi connectivity index (χ3n) is 2.69. The zero-order valence-corrected chi connectivity index (χ0v) is 10.3. The molecule has 0 unspecified atom stereocenters. The molecule has 0 aliphatic heterocycles. The first-order valence-electron chi connectivity index (χ1n) is 5.28. The molecule has 0 radical (unpaired) electrons. The highest BCUT2D eigenvalue weighted by Crippen LogP contribution is 2.28. The minimum absolute atomic E-state index is 0.0741. The predicted molar refractivity (Wildman–Crippen MR) is 68.5 cm³/mol. The lowest BCUT2D eigenvalue weighted by Gasteiger charge is -2.08. The molecule has 0 spiro atoms. The Hall–Kier alpha value is -1.87. The molecule has 0 bridgehead atoms. The molecule has 0 aliphatic rings. The molecule has 1 N–H and O–H groups in total. The highest BCUT2D eigenvalue weighted by Gasteiger charge is 2.13. The van der Waals surface area contributed by atoms with Gasteiger partial charge in [0.15, 0.2) is 0 Å². The van der Waals surface area contributed by atoms with Crippen LogP contribution in [0.2, 0.25) is 5.02 Å². The number of hydrogen-bond donors (Lipinski definition) is 1. The molecule has 2 nitrogen and oxygen atoms in total. The Morgan fingerprint density at radius 1 is 1.22 bits per heavy atom. The van der Waals surface area contributed by atoms with E-state index in [1.165, 1.54) is 12.1 Å². The van der Waals surface area contributed by atoms with Crippen molar-refractivity contribution in [3.05, 3.63) is 58.4 Å². The Morgan fingerprint density at radius 2 is 1.94 bits per heavy atom. The number of halogens is 2. The van der Waals surface area contributed by atoms with E-state index in [9.17, 15) is 9.18 Å². The van der Waals surface area contributed by atoms with Crippen LogP contribution in [0.4, 0.5) is 4.39 Å².